The molecule has 0 saturated heterocycles. The second kappa shape index (κ2) is 6.91. The van der Waals surface area contributed by atoms with Gasteiger partial charge in [-0.2, -0.15) is 4.99 Å². The van der Waals surface area contributed by atoms with Crippen LogP contribution in [0.1, 0.15) is 19.8 Å². The highest BCUT2D eigenvalue weighted by Gasteiger charge is 2.14. The third-order valence-corrected chi connectivity index (χ3v) is 4.50. The molecule has 0 aliphatic rings. The first-order valence-electron chi connectivity index (χ1n) is 6.66. The van der Waals surface area contributed by atoms with Crippen LogP contribution in [0.5, 0.6) is 5.75 Å². The molecule has 1 aromatic carbocycles. The van der Waals surface area contributed by atoms with Crippen molar-refractivity contribution in [2.75, 3.05) is 7.11 Å². The van der Waals surface area contributed by atoms with Crippen molar-refractivity contribution >= 4 is 39.1 Å². The van der Waals surface area contributed by atoms with Gasteiger partial charge in [0.1, 0.15) is 11.3 Å². The number of carbonyl (C=O) groups excluding carboxylic acids is 1. The Kier molecular flexibility index (Phi) is 5.20. The first kappa shape index (κ1) is 15.8. The summed E-state index contributed by atoms with van der Waals surface area (Å²) in [5, 5.41) is 0.623. The van der Waals surface area contributed by atoms with Gasteiger partial charge in [-0.05, 0) is 18.6 Å². The number of allylic oxidation sites excluding steroid dienone is 1. The van der Waals surface area contributed by atoms with Gasteiger partial charge in [0.2, 0.25) is 5.91 Å². The lowest BCUT2D eigenvalue weighted by atomic mass is 10.3. The molecular formula is C15H17ClN2O2S. The molecule has 0 radical (unpaired) electrons. The van der Waals surface area contributed by atoms with Crippen molar-refractivity contribution in [3.8, 4) is 5.75 Å². The zero-order valence-corrected chi connectivity index (χ0v) is 13.6. The molecule has 21 heavy (non-hydrogen) atoms. The molecule has 6 heteroatoms. The molecule has 0 unspecified atom stereocenters. The van der Waals surface area contributed by atoms with Crippen LogP contribution < -0.4 is 9.54 Å². The highest BCUT2D eigenvalue weighted by Crippen LogP contribution is 2.33. The van der Waals surface area contributed by atoms with Crippen molar-refractivity contribution in [3.63, 3.8) is 0 Å². The van der Waals surface area contributed by atoms with Crippen molar-refractivity contribution in [1.29, 1.82) is 0 Å². The number of hydrogen-bond acceptors (Lipinski definition) is 3. The Morgan fingerprint density at radius 1 is 1.57 bits per heavy atom. The molecule has 0 aliphatic heterocycles. The van der Waals surface area contributed by atoms with Crippen molar-refractivity contribution in [2.45, 2.75) is 26.3 Å². The molecule has 0 N–H and O–H groups in total. The Morgan fingerprint density at radius 3 is 2.95 bits per heavy atom. The lowest BCUT2D eigenvalue weighted by molar-refractivity contribution is -0.118. The summed E-state index contributed by atoms with van der Waals surface area (Å²) in [6.45, 7) is 6.25. The molecule has 1 aromatic heterocycles. The minimum atomic E-state index is -0.128. The lowest BCUT2D eigenvalue weighted by Gasteiger charge is -2.06. The molecular weight excluding hydrogens is 308 g/mol. The number of rotatable bonds is 5. The Bertz CT molecular complexity index is 746. The van der Waals surface area contributed by atoms with Gasteiger partial charge in [-0.3, -0.25) is 4.79 Å². The molecule has 4 nitrogen and oxygen atoms in total. The Balaban J connectivity index is 2.77. The average molecular weight is 325 g/mol. The number of fused-ring (bicyclic) bond motifs is 1. The fourth-order valence-corrected chi connectivity index (χ4v) is 3.39. The topological polar surface area (TPSA) is 43.6 Å². The summed E-state index contributed by atoms with van der Waals surface area (Å²) in [4.78, 5) is 16.6. The van der Waals surface area contributed by atoms with Gasteiger partial charge >= 0.3 is 0 Å². The molecule has 0 bridgehead atoms. The van der Waals surface area contributed by atoms with Gasteiger partial charge < -0.3 is 9.30 Å². The first-order chi connectivity index (χ1) is 10.1. The number of thiazole rings is 1. The van der Waals surface area contributed by atoms with E-state index in [1.165, 1.54) is 11.3 Å². The number of carbonyl (C=O) groups is 1. The van der Waals surface area contributed by atoms with Crippen LogP contribution >= 0.6 is 22.9 Å². The smallest absolute Gasteiger partial charge is 0.248 e. The van der Waals surface area contributed by atoms with E-state index in [1.807, 2.05) is 17.6 Å². The number of halogens is 1. The van der Waals surface area contributed by atoms with Crippen molar-refractivity contribution in [3.05, 3.63) is 34.6 Å². The molecule has 1 amide bonds. The van der Waals surface area contributed by atoms with E-state index in [4.69, 9.17) is 16.3 Å². The van der Waals surface area contributed by atoms with Crippen molar-refractivity contribution in [1.82, 2.24) is 4.57 Å². The number of nitrogens with zero attached hydrogens (tertiary/aromatic N) is 2. The van der Waals surface area contributed by atoms with E-state index in [9.17, 15) is 4.79 Å². The summed E-state index contributed by atoms with van der Waals surface area (Å²) in [5.41, 5.74) is 0.845. The number of methoxy groups -OCH3 is 1. The Hall–Kier alpha value is -1.59. The second-order valence-electron chi connectivity index (χ2n) is 4.47. The van der Waals surface area contributed by atoms with E-state index in [0.29, 0.717) is 28.5 Å². The predicted molar refractivity (Wildman–Crippen MR) is 87.1 cm³/mol. The van der Waals surface area contributed by atoms with E-state index in [1.54, 1.807) is 19.3 Å². The number of ether oxygens (including phenoxy) is 1. The molecule has 0 saturated carbocycles. The summed E-state index contributed by atoms with van der Waals surface area (Å²) in [6, 6.07) is 3.60. The number of hydrogen-bond donors (Lipinski definition) is 0. The van der Waals surface area contributed by atoms with E-state index in [-0.39, 0.29) is 5.91 Å². The second-order valence-corrected chi connectivity index (χ2v) is 5.85. The molecule has 112 valence electrons. The van der Waals surface area contributed by atoms with Crippen LogP contribution in [0, 0.1) is 0 Å². The zero-order chi connectivity index (χ0) is 15.4. The lowest BCUT2D eigenvalue weighted by Crippen LogP contribution is -2.16. The van der Waals surface area contributed by atoms with Crippen LogP contribution in [0.2, 0.25) is 5.02 Å². The molecule has 0 atom stereocenters. The van der Waals surface area contributed by atoms with Crippen LogP contribution in [0.25, 0.3) is 10.2 Å². The molecule has 0 aliphatic carbocycles. The van der Waals surface area contributed by atoms with Crippen LogP contribution in [0.3, 0.4) is 0 Å². The summed E-state index contributed by atoms with van der Waals surface area (Å²) < 4.78 is 8.17. The third-order valence-electron chi connectivity index (χ3n) is 2.96. The van der Waals surface area contributed by atoms with Gasteiger partial charge in [0.15, 0.2) is 4.80 Å². The fourth-order valence-electron chi connectivity index (χ4n) is 2.05. The minimum absolute atomic E-state index is 0.128. The van der Waals surface area contributed by atoms with Gasteiger partial charge in [0, 0.05) is 13.0 Å². The normalized spacial score (nSPS) is 11.9. The highest BCUT2D eigenvalue weighted by molar-refractivity contribution is 7.17. The van der Waals surface area contributed by atoms with Gasteiger partial charge in [0.05, 0.1) is 16.8 Å². The standard InChI is InChI=1S/C15H17ClN2O2S/c1-4-6-12(19)17-15-18(9-5-2)13-11(20-3)8-7-10(16)14(13)21-15/h5,7-8H,2,4,6,9H2,1,3H3. The quantitative estimate of drug-likeness (QED) is 0.786. The largest absolute Gasteiger partial charge is 0.495 e. The monoisotopic (exact) mass is 324 g/mol. The van der Waals surface area contributed by atoms with Gasteiger partial charge in [-0.1, -0.05) is 35.9 Å². The van der Waals surface area contributed by atoms with Crippen molar-refractivity contribution < 1.29 is 9.53 Å². The Labute approximate surface area is 132 Å². The van der Waals surface area contributed by atoms with Gasteiger partial charge in [0.25, 0.3) is 0 Å². The molecule has 0 fully saturated rings. The van der Waals surface area contributed by atoms with Crippen LogP contribution in [0.15, 0.2) is 29.8 Å². The summed E-state index contributed by atoms with van der Waals surface area (Å²) in [7, 11) is 1.61. The fraction of sp³-hybridized carbons (Fsp3) is 0.333. The molecule has 2 rings (SSSR count). The molecule has 2 aromatic rings. The zero-order valence-electron chi connectivity index (χ0n) is 12.1. The van der Waals surface area contributed by atoms with Gasteiger partial charge in [-0.25, -0.2) is 0 Å². The summed E-state index contributed by atoms with van der Waals surface area (Å²) >= 11 is 7.65. The number of aromatic nitrogens is 1. The highest BCUT2D eigenvalue weighted by atomic mass is 35.5. The van der Waals surface area contributed by atoms with Crippen LogP contribution in [-0.2, 0) is 11.3 Å². The Morgan fingerprint density at radius 2 is 2.33 bits per heavy atom. The third kappa shape index (κ3) is 3.19. The predicted octanol–water partition coefficient (Wildman–Crippen LogP) is 3.78. The minimum Gasteiger partial charge on any atom is -0.495 e. The van der Waals surface area contributed by atoms with E-state index < -0.39 is 0 Å². The van der Waals surface area contributed by atoms with Gasteiger partial charge in [-0.15, -0.1) is 6.58 Å². The SMILES string of the molecule is C=CCn1c(=NC(=O)CCC)sc2c(Cl)ccc(OC)c21. The van der Waals surface area contributed by atoms with Crippen molar-refractivity contribution in [2.24, 2.45) is 4.99 Å². The molecule has 1 heterocycles. The first-order valence-corrected chi connectivity index (χ1v) is 7.86. The van der Waals surface area contributed by atoms with Crippen LogP contribution in [0.4, 0.5) is 0 Å². The number of benzene rings is 1. The van der Waals surface area contributed by atoms with E-state index in [0.717, 1.165) is 16.6 Å². The number of amides is 1. The maximum Gasteiger partial charge on any atom is 0.248 e. The summed E-state index contributed by atoms with van der Waals surface area (Å²) in [6.07, 6.45) is 2.97. The maximum atomic E-state index is 11.8. The van der Waals surface area contributed by atoms with E-state index >= 15 is 0 Å². The van der Waals surface area contributed by atoms with E-state index in [2.05, 4.69) is 11.6 Å². The average Bonchev–Trinajstić information content (AvgIpc) is 2.80. The summed E-state index contributed by atoms with van der Waals surface area (Å²) in [5.74, 6) is 0.578. The molecule has 0 spiro atoms. The maximum absolute atomic E-state index is 11.8. The van der Waals surface area contributed by atoms with Crippen LogP contribution in [-0.4, -0.2) is 17.6 Å².